The van der Waals surface area contributed by atoms with Crippen molar-refractivity contribution in [1.82, 2.24) is 0 Å². The predicted octanol–water partition coefficient (Wildman–Crippen LogP) is 2.84. The molecule has 0 spiro atoms. The lowest BCUT2D eigenvalue weighted by Crippen LogP contribution is -1.96. The molecule has 2 rings (SSSR count). The molecule has 1 aromatic heterocycles. The highest BCUT2D eigenvalue weighted by molar-refractivity contribution is 7.17. The van der Waals surface area contributed by atoms with Gasteiger partial charge in [-0.3, -0.25) is 0 Å². The lowest BCUT2D eigenvalue weighted by Gasteiger charge is -1.97. The molecule has 64 valence electrons. The summed E-state index contributed by atoms with van der Waals surface area (Å²) in [5.41, 5.74) is 1.06. The van der Waals surface area contributed by atoms with Crippen LogP contribution in [0.4, 0.5) is 5.69 Å². The molecular weight excluding hydrogens is 180 g/mol. The number of nitriles is 1. The maximum absolute atomic E-state index is 8.43. The molecule has 0 fully saturated rings. The fraction of sp³-hybridized carbons (Fsp3) is 0.100. The van der Waals surface area contributed by atoms with Crippen molar-refractivity contribution in [3.05, 3.63) is 29.6 Å². The number of hydrogen-bond donors (Lipinski definition) is 1. The standard InChI is InChI=1S/C10H8N2S/c11-5-6-12-9-7-13-10-4-2-1-3-8(9)10/h1-4,7,12H,6H2. The molecule has 0 saturated heterocycles. The zero-order valence-electron chi connectivity index (χ0n) is 6.95. The van der Waals surface area contributed by atoms with Gasteiger partial charge in [0.2, 0.25) is 0 Å². The molecule has 0 unspecified atom stereocenters. The highest BCUT2D eigenvalue weighted by atomic mass is 32.1. The maximum atomic E-state index is 8.43. The molecule has 0 bridgehead atoms. The third-order valence-electron chi connectivity index (χ3n) is 1.84. The average molecular weight is 188 g/mol. The lowest BCUT2D eigenvalue weighted by atomic mass is 10.2. The molecule has 13 heavy (non-hydrogen) atoms. The largest absolute Gasteiger partial charge is 0.371 e. The Morgan fingerprint density at radius 2 is 2.23 bits per heavy atom. The van der Waals surface area contributed by atoms with Crippen molar-refractivity contribution in [3.63, 3.8) is 0 Å². The van der Waals surface area contributed by atoms with E-state index >= 15 is 0 Å². The molecule has 3 heteroatoms. The summed E-state index contributed by atoms with van der Waals surface area (Å²) >= 11 is 1.69. The van der Waals surface area contributed by atoms with Crippen LogP contribution in [-0.4, -0.2) is 6.54 Å². The van der Waals surface area contributed by atoms with Gasteiger partial charge in [-0.25, -0.2) is 0 Å². The van der Waals surface area contributed by atoms with Crippen LogP contribution in [-0.2, 0) is 0 Å². The molecular formula is C10H8N2S. The molecule has 0 saturated carbocycles. The summed E-state index contributed by atoms with van der Waals surface area (Å²) in [7, 11) is 0. The summed E-state index contributed by atoms with van der Waals surface area (Å²) in [6.45, 7) is 0.362. The van der Waals surface area contributed by atoms with Crippen LogP contribution in [0, 0.1) is 11.3 Å². The number of rotatable bonds is 2. The summed E-state index contributed by atoms with van der Waals surface area (Å²) in [6.07, 6.45) is 0. The van der Waals surface area contributed by atoms with Crippen LogP contribution in [0.5, 0.6) is 0 Å². The van der Waals surface area contributed by atoms with E-state index in [0.717, 1.165) is 5.69 Å². The van der Waals surface area contributed by atoms with Gasteiger partial charge in [-0.2, -0.15) is 5.26 Å². The normalized spacial score (nSPS) is 9.77. The van der Waals surface area contributed by atoms with Crippen LogP contribution in [0.2, 0.25) is 0 Å². The Labute approximate surface area is 80.4 Å². The number of nitrogens with one attached hydrogen (secondary N) is 1. The van der Waals surface area contributed by atoms with E-state index < -0.39 is 0 Å². The molecule has 1 heterocycles. The third kappa shape index (κ3) is 1.49. The van der Waals surface area contributed by atoms with E-state index in [0.29, 0.717) is 6.54 Å². The van der Waals surface area contributed by atoms with E-state index in [1.54, 1.807) is 11.3 Å². The molecule has 2 aromatic rings. The van der Waals surface area contributed by atoms with Crippen LogP contribution in [0.25, 0.3) is 10.1 Å². The van der Waals surface area contributed by atoms with E-state index in [1.165, 1.54) is 10.1 Å². The fourth-order valence-electron chi connectivity index (χ4n) is 1.25. The van der Waals surface area contributed by atoms with Gasteiger partial charge in [0, 0.05) is 15.5 Å². The number of fused-ring (bicyclic) bond motifs is 1. The van der Waals surface area contributed by atoms with Gasteiger partial charge in [0.05, 0.1) is 11.8 Å². The van der Waals surface area contributed by atoms with Gasteiger partial charge >= 0.3 is 0 Å². The summed E-state index contributed by atoms with van der Waals surface area (Å²) in [6, 6.07) is 10.2. The minimum Gasteiger partial charge on any atom is -0.371 e. The minimum absolute atomic E-state index is 0.362. The van der Waals surface area contributed by atoms with Crippen molar-refractivity contribution in [2.24, 2.45) is 0 Å². The number of nitrogens with zero attached hydrogens (tertiary/aromatic N) is 1. The van der Waals surface area contributed by atoms with Gasteiger partial charge in [-0.15, -0.1) is 11.3 Å². The SMILES string of the molecule is N#CCNc1csc2ccccc12. The topological polar surface area (TPSA) is 35.8 Å². The van der Waals surface area contributed by atoms with Crippen molar-refractivity contribution in [3.8, 4) is 6.07 Å². The van der Waals surface area contributed by atoms with E-state index in [2.05, 4.69) is 23.5 Å². The Hall–Kier alpha value is -1.53. The number of benzene rings is 1. The van der Waals surface area contributed by atoms with E-state index in [-0.39, 0.29) is 0 Å². The van der Waals surface area contributed by atoms with E-state index in [9.17, 15) is 0 Å². The molecule has 1 N–H and O–H groups in total. The predicted molar refractivity (Wildman–Crippen MR) is 55.9 cm³/mol. The molecule has 0 atom stereocenters. The van der Waals surface area contributed by atoms with Crippen molar-refractivity contribution >= 4 is 27.1 Å². The zero-order chi connectivity index (χ0) is 9.10. The number of anilines is 1. The molecule has 0 aliphatic heterocycles. The smallest absolute Gasteiger partial charge is 0.103 e. The van der Waals surface area contributed by atoms with Crippen LogP contribution in [0.1, 0.15) is 0 Å². The molecule has 0 radical (unpaired) electrons. The van der Waals surface area contributed by atoms with Crippen molar-refractivity contribution in [1.29, 1.82) is 5.26 Å². The molecule has 0 aliphatic carbocycles. The molecule has 0 aliphatic rings. The summed E-state index contributed by atoms with van der Waals surface area (Å²) < 4.78 is 1.25. The van der Waals surface area contributed by atoms with Crippen molar-refractivity contribution in [2.45, 2.75) is 0 Å². The highest BCUT2D eigenvalue weighted by Gasteiger charge is 2.00. The summed E-state index contributed by atoms with van der Waals surface area (Å²) in [4.78, 5) is 0. The number of hydrogen-bond acceptors (Lipinski definition) is 3. The zero-order valence-corrected chi connectivity index (χ0v) is 7.77. The summed E-state index contributed by atoms with van der Waals surface area (Å²) in [5.74, 6) is 0. The first-order chi connectivity index (χ1) is 6.42. The first kappa shape index (κ1) is 8.09. The molecule has 1 aromatic carbocycles. The second-order valence-electron chi connectivity index (χ2n) is 2.66. The first-order valence-corrected chi connectivity index (χ1v) is 4.87. The third-order valence-corrected chi connectivity index (χ3v) is 2.80. The lowest BCUT2D eigenvalue weighted by molar-refractivity contribution is 1.33. The average Bonchev–Trinajstić information content (AvgIpc) is 2.58. The van der Waals surface area contributed by atoms with Crippen molar-refractivity contribution in [2.75, 3.05) is 11.9 Å². The van der Waals surface area contributed by atoms with Gasteiger partial charge in [0.25, 0.3) is 0 Å². The first-order valence-electron chi connectivity index (χ1n) is 3.99. The Morgan fingerprint density at radius 3 is 3.08 bits per heavy atom. The second kappa shape index (κ2) is 3.46. The van der Waals surface area contributed by atoms with Gasteiger partial charge < -0.3 is 5.32 Å². The van der Waals surface area contributed by atoms with Crippen molar-refractivity contribution < 1.29 is 0 Å². The highest BCUT2D eigenvalue weighted by Crippen LogP contribution is 2.29. The maximum Gasteiger partial charge on any atom is 0.103 e. The Kier molecular flexibility index (Phi) is 2.15. The Morgan fingerprint density at radius 1 is 1.38 bits per heavy atom. The monoisotopic (exact) mass is 188 g/mol. The van der Waals surface area contributed by atoms with E-state index in [1.807, 2.05) is 17.5 Å². The molecule has 0 amide bonds. The van der Waals surface area contributed by atoms with Crippen LogP contribution in [0.3, 0.4) is 0 Å². The Balaban J connectivity index is 2.41. The number of thiophene rings is 1. The van der Waals surface area contributed by atoms with Gasteiger partial charge in [-0.05, 0) is 6.07 Å². The van der Waals surface area contributed by atoms with Gasteiger partial charge in [-0.1, -0.05) is 18.2 Å². The fourth-order valence-corrected chi connectivity index (χ4v) is 2.17. The quantitative estimate of drug-likeness (QED) is 0.735. The van der Waals surface area contributed by atoms with Crippen LogP contribution in [0.15, 0.2) is 29.6 Å². The minimum atomic E-state index is 0.362. The second-order valence-corrected chi connectivity index (χ2v) is 3.57. The van der Waals surface area contributed by atoms with Crippen LogP contribution < -0.4 is 5.32 Å². The van der Waals surface area contributed by atoms with Gasteiger partial charge in [0.1, 0.15) is 6.54 Å². The van der Waals surface area contributed by atoms with Crippen LogP contribution >= 0.6 is 11.3 Å². The molecule has 2 nitrogen and oxygen atoms in total. The Bertz CT molecular complexity index is 453. The van der Waals surface area contributed by atoms with E-state index in [4.69, 9.17) is 5.26 Å². The van der Waals surface area contributed by atoms with Gasteiger partial charge in [0.15, 0.2) is 0 Å². The summed E-state index contributed by atoms with van der Waals surface area (Å²) in [5, 5.41) is 14.7.